The first-order valence-corrected chi connectivity index (χ1v) is 11.2. The number of carbonyl (C=O) groups excluding carboxylic acids is 1. The zero-order valence-electron chi connectivity index (χ0n) is 15.7. The number of thiocarbonyl (C=S) groups is 1. The van der Waals surface area contributed by atoms with Gasteiger partial charge in [0.05, 0.1) is 35.0 Å². The van der Waals surface area contributed by atoms with E-state index in [0.717, 1.165) is 6.21 Å². The molecule has 0 atom stereocenters. The van der Waals surface area contributed by atoms with Crippen LogP contribution in [0.2, 0.25) is 5.02 Å². The van der Waals surface area contributed by atoms with Crippen LogP contribution in [0, 0.1) is 0 Å². The number of hydrogen-bond donors (Lipinski definition) is 2. The summed E-state index contributed by atoms with van der Waals surface area (Å²) in [6, 6.07) is 13.0. The van der Waals surface area contributed by atoms with E-state index in [0.29, 0.717) is 24.5 Å². The summed E-state index contributed by atoms with van der Waals surface area (Å²) in [7, 11) is -3.68. The van der Waals surface area contributed by atoms with Gasteiger partial charge in [-0.3, -0.25) is 10.2 Å². The predicted molar refractivity (Wildman–Crippen MR) is 120 cm³/mol. The molecule has 8 nitrogen and oxygen atoms in total. The molecule has 1 saturated heterocycles. The van der Waals surface area contributed by atoms with E-state index in [4.69, 9.17) is 28.6 Å². The lowest BCUT2D eigenvalue weighted by molar-refractivity contribution is 0.0730. The molecule has 2 N–H and O–H groups in total. The van der Waals surface area contributed by atoms with Gasteiger partial charge < -0.3 is 10.1 Å². The van der Waals surface area contributed by atoms with Gasteiger partial charge in [0.15, 0.2) is 5.11 Å². The summed E-state index contributed by atoms with van der Waals surface area (Å²) in [5.74, 6) is -0.289. The van der Waals surface area contributed by atoms with Crippen LogP contribution in [-0.4, -0.2) is 56.1 Å². The molecule has 30 heavy (non-hydrogen) atoms. The Balaban J connectivity index is 1.66. The minimum Gasteiger partial charge on any atom is -0.379 e. The molecule has 0 bridgehead atoms. The molecular formula is C19H19ClN4O4S2. The van der Waals surface area contributed by atoms with Crippen LogP contribution in [0.25, 0.3) is 0 Å². The quantitative estimate of drug-likeness (QED) is 0.292. The summed E-state index contributed by atoms with van der Waals surface area (Å²) in [5.41, 5.74) is 3.31. The predicted octanol–water partition coefficient (Wildman–Crippen LogP) is 2.52. The molecular weight excluding hydrogens is 448 g/mol. The first-order chi connectivity index (χ1) is 14.4. The van der Waals surface area contributed by atoms with E-state index in [1.54, 1.807) is 24.3 Å². The van der Waals surface area contributed by atoms with Crippen molar-refractivity contribution in [2.45, 2.75) is 4.90 Å². The number of halogens is 1. The average Bonchev–Trinajstić information content (AvgIpc) is 2.76. The number of nitrogens with one attached hydrogen (secondary N) is 2. The van der Waals surface area contributed by atoms with Crippen LogP contribution >= 0.6 is 23.8 Å². The van der Waals surface area contributed by atoms with Gasteiger partial charge in [-0.15, -0.1) is 0 Å². The van der Waals surface area contributed by atoms with Gasteiger partial charge in [0.25, 0.3) is 0 Å². The first-order valence-electron chi connectivity index (χ1n) is 8.95. The largest absolute Gasteiger partial charge is 0.379 e. The maximum Gasteiger partial charge on any atom is 0.243 e. The van der Waals surface area contributed by atoms with Crippen LogP contribution in [-0.2, 0) is 14.8 Å². The monoisotopic (exact) mass is 466 g/mol. The average molecular weight is 467 g/mol. The highest BCUT2D eigenvalue weighted by molar-refractivity contribution is 7.89. The van der Waals surface area contributed by atoms with Gasteiger partial charge in [-0.1, -0.05) is 41.9 Å². The molecule has 0 unspecified atom stereocenters. The molecule has 2 aromatic carbocycles. The van der Waals surface area contributed by atoms with E-state index in [9.17, 15) is 13.2 Å². The Bertz CT molecular complexity index is 1060. The number of anilines is 1. The molecule has 0 spiro atoms. The van der Waals surface area contributed by atoms with Crippen molar-refractivity contribution in [3.05, 3.63) is 59.1 Å². The second-order valence-electron chi connectivity index (χ2n) is 6.21. The molecule has 3 rings (SSSR count). The van der Waals surface area contributed by atoms with E-state index in [1.165, 1.54) is 22.5 Å². The van der Waals surface area contributed by atoms with E-state index >= 15 is 0 Å². The summed E-state index contributed by atoms with van der Waals surface area (Å²) >= 11 is 11.3. The molecule has 0 saturated carbocycles. The first kappa shape index (κ1) is 22.3. The Morgan fingerprint density at radius 2 is 1.87 bits per heavy atom. The number of ether oxygens (including phenoxy) is 1. The number of nitrogens with zero attached hydrogens (tertiary/aromatic N) is 2. The summed E-state index contributed by atoms with van der Waals surface area (Å²) in [4.78, 5) is 12.1. The minimum atomic E-state index is -3.68. The second kappa shape index (κ2) is 10.1. The van der Waals surface area contributed by atoms with Crippen molar-refractivity contribution in [1.29, 1.82) is 0 Å². The summed E-state index contributed by atoms with van der Waals surface area (Å²) in [6.07, 6.45) is 1.10. The molecule has 1 aliphatic rings. The molecule has 1 heterocycles. The van der Waals surface area contributed by atoms with Crippen molar-refractivity contribution in [2.24, 2.45) is 5.10 Å². The van der Waals surface area contributed by atoms with Gasteiger partial charge in [0.1, 0.15) is 0 Å². The summed E-state index contributed by atoms with van der Waals surface area (Å²) in [6.45, 7) is 1.28. The van der Waals surface area contributed by atoms with Crippen LogP contribution in [0.3, 0.4) is 0 Å². The second-order valence-corrected chi connectivity index (χ2v) is 8.97. The Morgan fingerprint density at radius 1 is 1.17 bits per heavy atom. The van der Waals surface area contributed by atoms with Crippen molar-refractivity contribution in [1.82, 2.24) is 9.73 Å². The number of hydrazone groups is 1. The van der Waals surface area contributed by atoms with Crippen LogP contribution in [0.4, 0.5) is 5.69 Å². The zero-order valence-corrected chi connectivity index (χ0v) is 18.1. The highest BCUT2D eigenvalue weighted by Gasteiger charge is 2.27. The molecule has 158 valence electrons. The smallest absolute Gasteiger partial charge is 0.243 e. The molecule has 0 aliphatic carbocycles. The number of sulfonamides is 1. The standard InChI is InChI=1S/C19H19ClN4O4S2/c20-16-7-6-15(30(26,27)24-8-10-28-11-9-24)12-17(16)22-19(29)23-21-13-18(25)14-4-2-1-3-5-14/h1-7,12-13H,8-11H2,(H2,22,23,29). The molecule has 1 aliphatic heterocycles. The number of benzene rings is 2. The number of ketones is 1. The molecule has 0 radical (unpaired) electrons. The fourth-order valence-corrected chi connectivity index (χ4v) is 4.44. The lowest BCUT2D eigenvalue weighted by Crippen LogP contribution is -2.40. The van der Waals surface area contributed by atoms with Gasteiger partial charge in [0.2, 0.25) is 15.8 Å². The lowest BCUT2D eigenvalue weighted by Gasteiger charge is -2.26. The Labute approximate surface area is 184 Å². The van der Waals surface area contributed by atoms with Gasteiger partial charge in [0, 0.05) is 18.7 Å². The third kappa shape index (κ3) is 5.61. The number of Topliss-reactive ketones (excluding diaryl/α,β-unsaturated/α-hetero) is 1. The lowest BCUT2D eigenvalue weighted by atomic mass is 10.1. The normalized spacial score (nSPS) is 15.1. The van der Waals surface area contributed by atoms with E-state index in [2.05, 4.69) is 15.8 Å². The molecule has 2 aromatic rings. The van der Waals surface area contributed by atoms with E-state index < -0.39 is 10.0 Å². The fraction of sp³-hybridized carbons (Fsp3) is 0.211. The van der Waals surface area contributed by atoms with Crippen LogP contribution in [0.5, 0.6) is 0 Å². The highest BCUT2D eigenvalue weighted by Crippen LogP contribution is 2.27. The van der Waals surface area contributed by atoms with E-state index in [-0.39, 0.29) is 33.9 Å². The fourth-order valence-electron chi connectivity index (χ4n) is 2.67. The van der Waals surface area contributed by atoms with E-state index in [1.807, 2.05) is 6.07 Å². The van der Waals surface area contributed by atoms with Gasteiger partial charge in [-0.2, -0.15) is 9.41 Å². The van der Waals surface area contributed by atoms with Crippen molar-refractivity contribution in [3.63, 3.8) is 0 Å². The topological polar surface area (TPSA) is 100 Å². The van der Waals surface area contributed by atoms with Crippen molar-refractivity contribution in [2.75, 3.05) is 31.6 Å². The van der Waals surface area contributed by atoms with Crippen LogP contribution in [0.1, 0.15) is 10.4 Å². The highest BCUT2D eigenvalue weighted by atomic mass is 35.5. The van der Waals surface area contributed by atoms with Crippen molar-refractivity contribution >= 4 is 56.6 Å². The molecule has 1 fully saturated rings. The Kier molecular flexibility index (Phi) is 7.51. The Hall–Kier alpha value is -2.37. The molecule has 11 heteroatoms. The SMILES string of the molecule is O=C(C=NNC(=S)Nc1cc(S(=O)(=O)N2CCOCC2)ccc1Cl)c1ccccc1. The number of hydrogen-bond acceptors (Lipinski definition) is 6. The molecule has 0 aromatic heterocycles. The third-order valence-electron chi connectivity index (χ3n) is 4.20. The Morgan fingerprint density at radius 3 is 2.57 bits per heavy atom. The maximum absolute atomic E-state index is 12.8. The van der Waals surface area contributed by atoms with Crippen molar-refractivity contribution in [3.8, 4) is 0 Å². The third-order valence-corrected chi connectivity index (χ3v) is 6.62. The minimum absolute atomic E-state index is 0.0509. The molecule has 0 amide bonds. The summed E-state index contributed by atoms with van der Waals surface area (Å²) in [5, 5.41) is 6.93. The number of carbonyl (C=O) groups is 1. The summed E-state index contributed by atoms with van der Waals surface area (Å²) < 4.78 is 32.2. The number of morpholine rings is 1. The van der Waals surface area contributed by atoms with Gasteiger partial charge >= 0.3 is 0 Å². The van der Waals surface area contributed by atoms with Crippen molar-refractivity contribution < 1.29 is 17.9 Å². The number of rotatable bonds is 6. The maximum atomic E-state index is 12.8. The van der Waals surface area contributed by atoms with Crippen LogP contribution in [0.15, 0.2) is 58.5 Å². The van der Waals surface area contributed by atoms with Crippen LogP contribution < -0.4 is 10.7 Å². The zero-order chi connectivity index (χ0) is 21.6. The van der Waals surface area contributed by atoms with Gasteiger partial charge in [-0.25, -0.2) is 8.42 Å². The van der Waals surface area contributed by atoms with Gasteiger partial charge in [-0.05, 0) is 30.4 Å².